The van der Waals surface area contributed by atoms with Crippen LogP contribution in [0.1, 0.15) is 5.69 Å². The summed E-state index contributed by atoms with van der Waals surface area (Å²) in [5, 5.41) is 15.2. The van der Waals surface area contributed by atoms with E-state index >= 15 is 0 Å². The lowest BCUT2D eigenvalue weighted by Gasteiger charge is -2.09. The largest absolute Gasteiger partial charge is 0.476 e. The summed E-state index contributed by atoms with van der Waals surface area (Å²) >= 11 is 0. The normalized spacial score (nSPS) is 10.4. The number of ether oxygens (including phenoxy) is 2. The summed E-state index contributed by atoms with van der Waals surface area (Å²) in [5.41, 5.74) is 6.81. The molecule has 2 aromatic rings. The molecule has 0 amide bonds. The predicted octanol–water partition coefficient (Wildman–Crippen LogP) is 0.697. The zero-order chi connectivity index (χ0) is 17.1. The van der Waals surface area contributed by atoms with Crippen molar-refractivity contribution in [2.75, 3.05) is 20.0 Å². The van der Waals surface area contributed by atoms with Gasteiger partial charge in [0.25, 0.3) is 5.88 Å². The summed E-state index contributed by atoms with van der Waals surface area (Å²) in [4.78, 5) is 26.0. The number of hydrogen-bond acceptors (Lipinski definition) is 8. The molecule has 2 aromatic heterocycles. The van der Waals surface area contributed by atoms with Crippen LogP contribution in [0.15, 0.2) is 12.3 Å². The lowest BCUT2D eigenvalue weighted by molar-refractivity contribution is -0.386. The molecule has 2 heterocycles. The molecule has 0 aromatic carbocycles. The molecule has 0 atom stereocenters. The Morgan fingerprint density at radius 1 is 1.43 bits per heavy atom. The average molecular weight is 321 g/mol. The highest BCUT2D eigenvalue weighted by atomic mass is 16.6. The third kappa shape index (κ3) is 3.05. The molecule has 10 heteroatoms. The lowest BCUT2D eigenvalue weighted by atomic mass is 10.0. The minimum atomic E-state index is -0.620. The number of nitrogens with two attached hydrogens (primary N) is 1. The van der Waals surface area contributed by atoms with Crippen LogP contribution in [0, 0.1) is 10.1 Å². The summed E-state index contributed by atoms with van der Waals surface area (Å²) < 4.78 is 11.0. The maximum Gasteiger partial charge on any atom is 0.331 e. The molecule has 0 aliphatic heterocycles. The predicted molar refractivity (Wildman–Crippen MR) is 79.8 cm³/mol. The van der Waals surface area contributed by atoms with E-state index in [4.69, 9.17) is 10.5 Å². The summed E-state index contributed by atoms with van der Waals surface area (Å²) in [6.07, 6.45) is 1.41. The number of carbonyl (C=O) groups is 1. The molecule has 0 radical (unpaired) electrons. The van der Waals surface area contributed by atoms with Gasteiger partial charge >= 0.3 is 11.7 Å². The Balaban J connectivity index is 2.61. The zero-order valence-corrected chi connectivity index (χ0v) is 12.8. The van der Waals surface area contributed by atoms with Crippen LogP contribution in [0.5, 0.6) is 5.88 Å². The van der Waals surface area contributed by atoms with E-state index in [1.165, 1.54) is 31.2 Å². The van der Waals surface area contributed by atoms with Crippen LogP contribution in [0.4, 0.5) is 11.5 Å². The van der Waals surface area contributed by atoms with Crippen molar-refractivity contribution in [3.63, 3.8) is 0 Å². The fourth-order valence-corrected chi connectivity index (χ4v) is 2.10. The topological polar surface area (TPSA) is 135 Å². The number of hydrogen-bond donors (Lipinski definition) is 1. The van der Waals surface area contributed by atoms with E-state index in [1.807, 2.05) is 0 Å². The SMILES string of the molecule is COC(=O)Cc1c(-c2cc([N+](=O)[O-])c(OC)nc2N)cnn1C. The van der Waals surface area contributed by atoms with Crippen molar-refractivity contribution in [1.82, 2.24) is 14.8 Å². The van der Waals surface area contributed by atoms with Crippen molar-refractivity contribution in [2.45, 2.75) is 6.42 Å². The van der Waals surface area contributed by atoms with E-state index < -0.39 is 10.9 Å². The highest BCUT2D eigenvalue weighted by Crippen LogP contribution is 2.35. The van der Waals surface area contributed by atoms with Crippen LogP contribution in [0.25, 0.3) is 11.1 Å². The van der Waals surface area contributed by atoms with Gasteiger partial charge in [0.2, 0.25) is 0 Å². The maximum absolute atomic E-state index is 11.5. The first-order chi connectivity index (χ1) is 10.9. The molecule has 0 saturated carbocycles. The van der Waals surface area contributed by atoms with E-state index in [1.54, 1.807) is 7.05 Å². The first kappa shape index (κ1) is 16.2. The smallest absolute Gasteiger partial charge is 0.331 e. The van der Waals surface area contributed by atoms with E-state index in [-0.39, 0.29) is 23.8 Å². The Bertz CT molecular complexity index is 770. The molecular formula is C13H15N5O5. The van der Waals surface area contributed by atoms with Gasteiger partial charge in [-0.1, -0.05) is 0 Å². The molecule has 0 spiro atoms. The number of aromatic nitrogens is 3. The van der Waals surface area contributed by atoms with Crippen molar-refractivity contribution in [3.8, 4) is 17.0 Å². The number of carbonyl (C=O) groups excluding carboxylic acids is 1. The van der Waals surface area contributed by atoms with Crippen molar-refractivity contribution in [2.24, 2.45) is 7.05 Å². The third-order valence-corrected chi connectivity index (χ3v) is 3.28. The Morgan fingerprint density at radius 3 is 2.70 bits per heavy atom. The zero-order valence-electron chi connectivity index (χ0n) is 12.8. The molecule has 0 unspecified atom stereocenters. The van der Waals surface area contributed by atoms with Gasteiger partial charge in [-0.25, -0.2) is 0 Å². The van der Waals surface area contributed by atoms with Crippen LogP contribution < -0.4 is 10.5 Å². The van der Waals surface area contributed by atoms with Gasteiger partial charge in [0.05, 0.1) is 37.5 Å². The molecule has 122 valence electrons. The van der Waals surface area contributed by atoms with Crippen molar-refractivity contribution in [3.05, 3.63) is 28.1 Å². The molecule has 23 heavy (non-hydrogen) atoms. The molecule has 0 fully saturated rings. The maximum atomic E-state index is 11.5. The lowest BCUT2D eigenvalue weighted by Crippen LogP contribution is -2.10. The summed E-state index contributed by atoms with van der Waals surface area (Å²) in [5.74, 6) is -0.620. The number of methoxy groups -OCH3 is 2. The number of esters is 1. The number of nitrogens with zero attached hydrogens (tertiary/aromatic N) is 4. The first-order valence-corrected chi connectivity index (χ1v) is 6.46. The van der Waals surface area contributed by atoms with E-state index in [2.05, 4.69) is 14.8 Å². The van der Waals surface area contributed by atoms with Crippen LogP contribution in [-0.2, 0) is 23.0 Å². The second kappa shape index (κ2) is 6.30. The Labute approximate surface area is 131 Å². The van der Waals surface area contributed by atoms with E-state index in [0.29, 0.717) is 16.8 Å². The van der Waals surface area contributed by atoms with Gasteiger partial charge in [-0.3, -0.25) is 19.6 Å². The van der Waals surface area contributed by atoms with Gasteiger partial charge in [-0.2, -0.15) is 10.1 Å². The highest BCUT2D eigenvalue weighted by Gasteiger charge is 2.24. The van der Waals surface area contributed by atoms with Crippen molar-refractivity contribution < 1.29 is 19.2 Å². The number of aryl methyl sites for hydroxylation is 1. The minimum Gasteiger partial charge on any atom is -0.476 e. The molecule has 0 saturated heterocycles. The summed E-state index contributed by atoms with van der Waals surface area (Å²) in [6, 6.07) is 1.25. The third-order valence-electron chi connectivity index (χ3n) is 3.28. The van der Waals surface area contributed by atoms with E-state index in [0.717, 1.165) is 0 Å². The Morgan fingerprint density at radius 2 is 2.13 bits per heavy atom. The minimum absolute atomic E-state index is 0.0339. The first-order valence-electron chi connectivity index (χ1n) is 6.46. The number of rotatable bonds is 5. The van der Waals surface area contributed by atoms with Gasteiger partial charge in [-0.15, -0.1) is 0 Å². The number of nitrogen functional groups attached to an aromatic ring is 1. The number of anilines is 1. The highest BCUT2D eigenvalue weighted by molar-refractivity contribution is 5.82. The van der Waals surface area contributed by atoms with Crippen molar-refractivity contribution >= 4 is 17.5 Å². The van der Waals surface area contributed by atoms with Gasteiger partial charge in [0.1, 0.15) is 5.82 Å². The Kier molecular flexibility index (Phi) is 4.44. The fraction of sp³-hybridized carbons (Fsp3) is 0.308. The van der Waals surface area contributed by atoms with E-state index in [9.17, 15) is 14.9 Å². The monoisotopic (exact) mass is 321 g/mol. The number of pyridine rings is 1. The van der Waals surface area contributed by atoms with Crippen LogP contribution in [0.3, 0.4) is 0 Å². The second-order valence-electron chi connectivity index (χ2n) is 4.59. The number of nitro groups is 1. The molecule has 10 nitrogen and oxygen atoms in total. The van der Waals surface area contributed by atoms with Crippen LogP contribution >= 0.6 is 0 Å². The fourth-order valence-electron chi connectivity index (χ4n) is 2.10. The standard InChI is InChI=1S/C13H15N5O5/c1-17-9(5-11(19)22-2)8(6-15-17)7-4-10(18(20)21)13(23-3)16-12(7)14/h4,6H,5H2,1-3H3,(H2,14,16). The van der Waals surface area contributed by atoms with Gasteiger partial charge in [0.15, 0.2) is 0 Å². The average Bonchev–Trinajstić information content (AvgIpc) is 2.87. The van der Waals surface area contributed by atoms with Gasteiger partial charge in [-0.05, 0) is 0 Å². The molecule has 0 aliphatic carbocycles. The molecular weight excluding hydrogens is 306 g/mol. The molecule has 2 N–H and O–H groups in total. The van der Waals surface area contributed by atoms with Crippen molar-refractivity contribution in [1.29, 1.82) is 0 Å². The second-order valence-corrected chi connectivity index (χ2v) is 4.59. The molecule has 0 bridgehead atoms. The van der Waals surface area contributed by atoms with Crippen LogP contribution in [-0.4, -0.2) is 39.9 Å². The van der Waals surface area contributed by atoms with Crippen LogP contribution in [0.2, 0.25) is 0 Å². The molecule has 0 aliphatic rings. The Hall–Kier alpha value is -3.17. The van der Waals surface area contributed by atoms with Gasteiger partial charge < -0.3 is 15.2 Å². The van der Waals surface area contributed by atoms with Gasteiger partial charge in [0, 0.05) is 24.2 Å². The molecule has 2 rings (SSSR count). The quantitative estimate of drug-likeness (QED) is 0.483. The summed E-state index contributed by atoms with van der Waals surface area (Å²) in [7, 11) is 4.18. The summed E-state index contributed by atoms with van der Waals surface area (Å²) in [6.45, 7) is 0.